The quantitative estimate of drug-likeness (QED) is 0.496. The molecule has 0 unspecified atom stereocenters. The number of hydrogen-bond donors (Lipinski definition) is 2. The summed E-state index contributed by atoms with van der Waals surface area (Å²) in [6, 6.07) is 5.63. The fraction of sp³-hybridized carbons (Fsp3) is 0.375. The van der Waals surface area contributed by atoms with E-state index in [9.17, 15) is 4.79 Å². The molecule has 0 heterocycles. The molecule has 0 spiro atoms. The highest BCUT2D eigenvalue weighted by molar-refractivity contribution is 6.03. The summed E-state index contributed by atoms with van der Waals surface area (Å²) in [5.74, 6) is -0.271. The molecule has 0 aliphatic rings. The van der Waals surface area contributed by atoms with Crippen molar-refractivity contribution in [2.45, 2.75) is 27.2 Å². The number of guanidine groups is 1. The molecule has 0 fully saturated rings. The second-order valence-electron chi connectivity index (χ2n) is 4.96. The molecule has 0 aliphatic carbocycles. The van der Waals surface area contributed by atoms with Crippen molar-refractivity contribution in [3.8, 4) is 0 Å². The predicted octanol–water partition coefficient (Wildman–Crippen LogP) is 3.02. The topological polar surface area (TPSA) is 73.4 Å². The summed E-state index contributed by atoms with van der Waals surface area (Å²) in [5.41, 5.74) is 8.47. The van der Waals surface area contributed by atoms with Crippen molar-refractivity contribution in [3.63, 3.8) is 0 Å². The number of carbonyl (C=O) groups excluding carboxylic acids is 1. The van der Waals surface area contributed by atoms with E-state index in [1.807, 2.05) is 39.0 Å². The Morgan fingerprint density at radius 2 is 1.95 bits per heavy atom. The third kappa shape index (κ3) is 3.84. The van der Waals surface area contributed by atoms with E-state index in [1.165, 1.54) is 4.90 Å². The molecule has 1 aromatic rings. The zero-order valence-electron chi connectivity index (χ0n) is 13.0. The minimum absolute atomic E-state index is 0.222. The zero-order chi connectivity index (χ0) is 16.0. The van der Waals surface area contributed by atoms with Gasteiger partial charge in [-0.1, -0.05) is 31.2 Å². The molecule has 21 heavy (non-hydrogen) atoms. The monoisotopic (exact) mass is 288 g/mol. The molecule has 0 radical (unpaired) electrons. The number of rotatable bonds is 5. The Labute approximate surface area is 126 Å². The maximum absolute atomic E-state index is 12.8. The second kappa shape index (κ2) is 7.47. The predicted molar refractivity (Wildman–Crippen MR) is 87.8 cm³/mol. The van der Waals surface area contributed by atoms with Crippen LogP contribution in [0.3, 0.4) is 0 Å². The molecule has 0 saturated heterocycles. The molecule has 1 aromatic carbocycles. The van der Waals surface area contributed by atoms with E-state index in [-0.39, 0.29) is 18.5 Å². The van der Waals surface area contributed by atoms with Gasteiger partial charge in [0.2, 0.25) is 0 Å². The fourth-order valence-electron chi connectivity index (χ4n) is 2.31. The average Bonchev–Trinajstić information content (AvgIpc) is 2.42. The molecule has 1 rings (SSSR count). The van der Waals surface area contributed by atoms with E-state index in [1.54, 1.807) is 11.0 Å². The molecular formula is C16H24N4O. The molecule has 5 heteroatoms. The van der Waals surface area contributed by atoms with Crippen molar-refractivity contribution in [3.05, 3.63) is 42.0 Å². The van der Waals surface area contributed by atoms with Crippen LogP contribution >= 0.6 is 0 Å². The van der Waals surface area contributed by atoms with E-state index in [0.29, 0.717) is 6.54 Å². The third-order valence-corrected chi connectivity index (χ3v) is 3.22. The van der Waals surface area contributed by atoms with Crippen LogP contribution < -0.4 is 10.6 Å². The number of benzene rings is 1. The lowest BCUT2D eigenvalue weighted by Gasteiger charge is -2.31. The van der Waals surface area contributed by atoms with Crippen LogP contribution in [0.4, 0.5) is 10.5 Å². The van der Waals surface area contributed by atoms with Gasteiger partial charge in [-0.05, 0) is 31.4 Å². The van der Waals surface area contributed by atoms with Crippen LogP contribution in [0.1, 0.15) is 24.5 Å². The number of para-hydroxylation sites is 1. The lowest BCUT2D eigenvalue weighted by Crippen LogP contribution is -2.49. The molecule has 3 N–H and O–H groups in total. The van der Waals surface area contributed by atoms with Crippen LogP contribution in [0.25, 0.3) is 0 Å². The highest BCUT2D eigenvalue weighted by Gasteiger charge is 2.25. The first kappa shape index (κ1) is 16.8. The molecule has 0 aromatic heterocycles. The lowest BCUT2D eigenvalue weighted by molar-refractivity contribution is 0.229. The highest BCUT2D eigenvalue weighted by atomic mass is 16.2. The maximum Gasteiger partial charge on any atom is 0.331 e. The van der Waals surface area contributed by atoms with Crippen LogP contribution in [0.2, 0.25) is 0 Å². The molecule has 0 bridgehead atoms. The summed E-state index contributed by atoms with van der Waals surface area (Å²) in [7, 11) is 0. The number of anilines is 1. The summed E-state index contributed by atoms with van der Waals surface area (Å²) in [6.45, 7) is 10.4. The zero-order valence-corrected chi connectivity index (χ0v) is 13.0. The first-order chi connectivity index (χ1) is 9.93. The first-order valence-electron chi connectivity index (χ1n) is 7.04. The molecule has 5 nitrogen and oxygen atoms in total. The van der Waals surface area contributed by atoms with Crippen molar-refractivity contribution in [1.82, 2.24) is 4.90 Å². The highest BCUT2D eigenvalue weighted by Crippen LogP contribution is 2.26. The number of nitrogens with two attached hydrogens (primary N) is 1. The summed E-state index contributed by atoms with van der Waals surface area (Å²) >= 11 is 0. The number of hydrogen-bond acceptors (Lipinski definition) is 2. The van der Waals surface area contributed by atoms with Crippen LogP contribution in [0.15, 0.2) is 30.9 Å². The standard InChI is InChI=1S/C16H24N4O/c1-5-10-19(14-12(3)8-7-9-13(14)4)16(21)20(11-6-2)15(17)18/h6-9H,2,5,10-11H2,1,3-4H3,(H3,17,18). The van der Waals surface area contributed by atoms with Gasteiger partial charge in [-0.15, -0.1) is 6.58 Å². The molecule has 0 atom stereocenters. The number of aryl methyl sites for hydroxylation is 2. The summed E-state index contributed by atoms with van der Waals surface area (Å²) in [6.07, 6.45) is 2.38. The summed E-state index contributed by atoms with van der Waals surface area (Å²) < 4.78 is 0. The molecular weight excluding hydrogens is 264 g/mol. The van der Waals surface area contributed by atoms with Gasteiger partial charge in [0.05, 0.1) is 5.69 Å². The Bertz CT molecular complexity index is 519. The largest absolute Gasteiger partial charge is 0.370 e. The molecule has 2 amide bonds. The fourth-order valence-corrected chi connectivity index (χ4v) is 2.31. The van der Waals surface area contributed by atoms with E-state index >= 15 is 0 Å². The van der Waals surface area contributed by atoms with Gasteiger partial charge in [-0.3, -0.25) is 15.2 Å². The summed E-state index contributed by atoms with van der Waals surface area (Å²) in [5, 5.41) is 7.59. The SMILES string of the molecule is C=CCN(C(=N)N)C(=O)N(CCC)c1c(C)cccc1C. The molecule has 114 valence electrons. The Morgan fingerprint density at radius 1 is 1.38 bits per heavy atom. The molecule has 0 aliphatic heterocycles. The van der Waals surface area contributed by atoms with E-state index in [2.05, 4.69) is 6.58 Å². The smallest absolute Gasteiger partial charge is 0.331 e. The summed E-state index contributed by atoms with van der Waals surface area (Å²) in [4.78, 5) is 15.7. The Morgan fingerprint density at radius 3 is 2.38 bits per heavy atom. The van der Waals surface area contributed by atoms with Crippen molar-refractivity contribution >= 4 is 17.7 Å². The maximum atomic E-state index is 12.8. The van der Waals surface area contributed by atoms with Gasteiger partial charge in [0.1, 0.15) is 0 Å². The number of urea groups is 1. The van der Waals surface area contributed by atoms with Crippen LogP contribution in [0, 0.1) is 19.3 Å². The van der Waals surface area contributed by atoms with Crippen LogP contribution in [-0.2, 0) is 0 Å². The normalized spacial score (nSPS) is 10.0. The average molecular weight is 288 g/mol. The molecule has 0 saturated carbocycles. The van der Waals surface area contributed by atoms with Crippen molar-refractivity contribution in [1.29, 1.82) is 5.41 Å². The minimum atomic E-state index is -0.290. The van der Waals surface area contributed by atoms with Gasteiger partial charge in [0.25, 0.3) is 0 Å². The Kier molecular flexibility index (Phi) is 5.96. The number of amides is 2. The van der Waals surface area contributed by atoms with Crippen LogP contribution in [0.5, 0.6) is 0 Å². The van der Waals surface area contributed by atoms with E-state index < -0.39 is 0 Å². The van der Waals surface area contributed by atoms with Gasteiger partial charge in [-0.25, -0.2) is 4.79 Å². The lowest BCUT2D eigenvalue weighted by atomic mass is 10.1. The van der Waals surface area contributed by atoms with Gasteiger partial charge in [-0.2, -0.15) is 0 Å². The number of nitrogens with one attached hydrogen (secondary N) is 1. The van der Waals surface area contributed by atoms with Gasteiger partial charge < -0.3 is 5.73 Å². The van der Waals surface area contributed by atoms with Gasteiger partial charge >= 0.3 is 6.03 Å². The van der Waals surface area contributed by atoms with E-state index in [4.69, 9.17) is 11.1 Å². The third-order valence-electron chi connectivity index (χ3n) is 3.22. The number of carbonyl (C=O) groups is 1. The first-order valence-corrected chi connectivity index (χ1v) is 7.04. The van der Waals surface area contributed by atoms with Crippen molar-refractivity contribution in [2.75, 3.05) is 18.0 Å². The Hall–Kier alpha value is -2.30. The van der Waals surface area contributed by atoms with Crippen molar-refractivity contribution in [2.24, 2.45) is 5.73 Å². The van der Waals surface area contributed by atoms with Gasteiger partial charge in [0.15, 0.2) is 5.96 Å². The number of nitrogens with zero attached hydrogens (tertiary/aromatic N) is 2. The van der Waals surface area contributed by atoms with Gasteiger partial charge in [0, 0.05) is 13.1 Å². The van der Waals surface area contributed by atoms with Crippen molar-refractivity contribution < 1.29 is 4.79 Å². The minimum Gasteiger partial charge on any atom is -0.370 e. The van der Waals surface area contributed by atoms with Crippen LogP contribution in [-0.4, -0.2) is 30.0 Å². The second-order valence-corrected chi connectivity index (χ2v) is 4.96. The van der Waals surface area contributed by atoms with E-state index in [0.717, 1.165) is 23.2 Å². The Balaban J connectivity index is 3.25.